The maximum absolute atomic E-state index is 11.7. The lowest BCUT2D eigenvalue weighted by Crippen LogP contribution is -2.15. The highest BCUT2D eigenvalue weighted by Gasteiger charge is 2.10. The third kappa shape index (κ3) is 21.2. The van der Waals surface area contributed by atoms with Crippen LogP contribution in [0.25, 0.3) is 0 Å². The van der Waals surface area contributed by atoms with Crippen LogP contribution in [-0.4, -0.2) is 23.1 Å². The molecule has 1 atom stereocenters. The van der Waals surface area contributed by atoms with Crippen molar-refractivity contribution < 1.29 is 19.4 Å². The molecule has 1 unspecified atom stereocenters. The van der Waals surface area contributed by atoms with E-state index in [4.69, 9.17) is 9.84 Å². The first-order chi connectivity index (χ1) is 13.6. The minimum atomic E-state index is -0.795. The van der Waals surface area contributed by atoms with Gasteiger partial charge in [0.2, 0.25) is 0 Å². The number of ether oxygens (including phenoxy) is 1. The van der Waals surface area contributed by atoms with Crippen LogP contribution in [0.1, 0.15) is 136 Å². The topological polar surface area (TPSA) is 63.6 Å². The molecule has 0 radical (unpaired) electrons. The van der Waals surface area contributed by atoms with E-state index in [1.54, 1.807) is 0 Å². The predicted octanol–water partition coefficient (Wildman–Crippen LogP) is 7.43. The van der Waals surface area contributed by atoms with E-state index in [0.29, 0.717) is 19.3 Å². The zero-order chi connectivity index (χ0) is 20.9. The number of unbranched alkanes of at least 4 members (excludes halogenated alkanes) is 14. The van der Waals surface area contributed by atoms with Crippen LogP contribution in [0.4, 0.5) is 0 Å². The smallest absolute Gasteiger partial charge is 0.306 e. The summed E-state index contributed by atoms with van der Waals surface area (Å²) in [6.45, 7) is 4.11. The molecule has 166 valence electrons. The predicted molar refractivity (Wildman–Crippen MR) is 117 cm³/mol. The quantitative estimate of drug-likeness (QED) is 0.161. The van der Waals surface area contributed by atoms with E-state index in [1.807, 2.05) is 6.92 Å². The fourth-order valence-electron chi connectivity index (χ4n) is 3.52. The lowest BCUT2D eigenvalue weighted by atomic mass is 10.0. The van der Waals surface area contributed by atoms with Crippen molar-refractivity contribution in [2.24, 2.45) is 0 Å². The van der Waals surface area contributed by atoms with Gasteiger partial charge in [0.05, 0.1) is 6.10 Å². The highest BCUT2D eigenvalue weighted by Crippen LogP contribution is 2.14. The van der Waals surface area contributed by atoms with Gasteiger partial charge in [-0.05, 0) is 26.2 Å². The summed E-state index contributed by atoms with van der Waals surface area (Å²) in [6, 6.07) is 0. The minimum absolute atomic E-state index is 0.140. The van der Waals surface area contributed by atoms with E-state index in [9.17, 15) is 9.59 Å². The average Bonchev–Trinajstić information content (AvgIpc) is 2.64. The van der Waals surface area contributed by atoms with Crippen LogP contribution in [-0.2, 0) is 14.3 Å². The molecule has 4 nitrogen and oxygen atoms in total. The first-order valence-electron chi connectivity index (χ1n) is 12.0. The number of carbonyl (C=O) groups excluding carboxylic acids is 1. The van der Waals surface area contributed by atoms with Gasteiger partial charge in [0.15, 0.2) is 0 Å². The van der Waals surface area contributed by atoms with Crippen molar-refractivity contribution in [2.75, 3.05) is 0 Å². The summed E-state index contributed by atoms with van der Waals surface area (Å²) in [5, 5.41) is 8.60. The Morgan fingerprint density at radius 2 is 1.11 bits per heavy atom. The lowest BCUT2D eigenvalue weighted by Gasteiger charge is -2.12. The van der Waals surface area contributed by atoms with Gasteiger partial charge in [-0.25, -0.2) is 0 Å². The van der Waals surface area contributed by atoms with E-state index in [2.05, 4.69) is 6.92 Å². The van der Waals surface area contributed by atoms with Gasteiger partial charge in [0, 0.05) is 12.8 Å². The highest BCUT2D eigenvalue weighted by atomic mass is 16.5. The summed E-state index contributed by atoms with van der Waals surface area (Å²) in [5.41, 5.74) is 0. The average molecular weight is 399 g/mol. The number of aliphatic carboxylic acids is 1. The highest BCUT2D eigenvalue weighted by molar-refractivity contribution is 5.69. The molecular formula is C24H46O4. The molecule has 28 heavy (non-hydrogen) atoms. The Labute approximate surface area is 173 Å². The second-order valence-corrected chi connectivity index (χ2v) is 8.29. The lowest BCUT2D eigenvalue weighted by molar-refractivity contribution is -0.148. The summed E-state index contributed by atoms with van der Waals surface area (Å²) in [4.78, 5) is 22.2. The molecule has 0 aliphatic carbocycles. The number of hydrogen-bond donors (Lipinski definition) is 1. The van der Waals surface area contributed by atoms with Gasteiger partial charge < -0.3 is 9.84 Å². The number of carbonyl (C=O) groups is 2. The molecule has 0 amide bonds. The van der Waals surface area contributed by atoms with Crippen LogP contribution in [0.2, 0.25) is 0 Å². The van der Waals surface area contributed by atoms with Crippen LogP contribution >= 0.6 is 0 Å². The standard InChI is InChI=1S/C24H46O4/c1-3-4-5-6-7-8-9-10-11-12-13-14-15-16-17-21-24(27)28-22(2)19-18-20-23(25)26/h22H,3-21H2,1-2H3,(H,25,26). The van der Waals surface area contributed by atoms with E-state index in [0.717, 1.165) is 12.8 Å². The molecule has 0 saturated carbocycles. The fraction of sp³-hybridized carbons (Fsp3) is 0.917. The molecule has 0 aliphatic heterocycles. The summed E-state index contributed by atoms with van der Waals surface area (Å²) >= 11 is 0. The van der Waals surface area contributed by atoms with Crippen molar-refractivity contribution in [3.05, 3.63) is 0 Å². The molecule has 0 saturated heterocycles. The Hall–Kier alpha value is -1.06. The van der Waals surface area contributed by atoms with Gasteiger partial charge in [0.25, 0.3) is 0 Å². The Kier molecular flexibility index (Phi) is 19.9. The molecule has 0 aliphatic rings. The number of rotatable bonds is 21. The van der Waals surface area contributed by atoms with Crippen LogP contribution in [0.5, 0.6) is 0 Å². The van der Waals surface area contributed by atoms with Crippen molar-refractivity contribution in [1.29, 1.82) is 0 Å². The van der Waals surface area contributed by atoms with Gasteiger partial charge in [-0.2, -0.15) is 0 Å². The second-order valence-electron chi connectivity index (χ2n) is 8.29. The van der Waals surface area contributed by atoms with E-state index in [-0.39, 0.29) is 18.5 Å². The Bertz CT molecular complexity index is 368. The zero-order valence-corrected chi connectivity index (χ0v) is 18.7. The molecular weight excluding hydrogens is 352 g/mol. The molecule has 0 fully saturated rings. The summed E-state index contributed by atoms with van der Waals surface area (Å²) in [6.07, 6.45) is 21.4. The van der Waals surface area contributed by atoms with Crippen LogP contribution in [0.15, 0.2) is 0 Å². The van der Waals surface area contributed by atoms with Gasteiger partial charge in [0.1, 0.15) is 0 Å². The van der Waals surface area contributed by atoms with Crippen LogP contribution in [0.3, 0.4) is 0 Å². The van der Waals surface area contributed by atoms with Crippen molar-refractivity contribution >= 4 is 11.9 Å². The van der Waals surface area contributed by atoms with Crippen molar-refractivity contribution in [3.63, 3.8) is 0 Å². The summed E-state index contributed by atoms with van der Waals surface area (Å²) < 4.78 is 5.32. The van der Waals surface area contributed by atoms with Crippen molar-refractivity contribution in [1.82, 2.24) is 0 Å². The molecule has 0 aromatic carbocycles. The molecule has 1 N–H and O–H groups in total. The molecule has 0 aromatic rings. The minimum Gasteiger partial charge on any atom is -0.481 e. The summed E-state index contributed by atoms with van der Waals surface area (Å²) in [7, 11) is 0. The van der Waals surface area contributed by atoms with Crippen LogP contribution < -0.4 is 0 Å². The zero-order valence-electron chi connectivity index (χ0n) is 18.7. The Morgan fingerprint density at radius 1 is 0.679 bits per heavy atom. The van der Waals surface area contributed by atoms with E-state index >= 15 is 0 Å². The second kappa shape index (κ2) is 20.7. The van der Waals surface area contributed by atoms with E-state index < -0.39 is 5.97 Å². The SMILES string of the molecule is CCCCCCCCCCCCCCCCCC(=O)OC(C)CCCC(=O)O. The molecule has 0 rings (SSSR count). The molecule has 0 heterocycles. The molecule has 0 spiro atoms. The third-order valence-corrected chi connectivity index (χ3v) is 5.32. The first-order valence-corrected chi connectivity index (χ1v) is 12.0. The van der Waals surface area contributed by atoms with Crippen molar-refractivity contribution in [3.8, 4) is 0 Å². The molecule has 0 bridgehead atoms. The molecule has 4 heteroatoms. The number of carboxylic acid groups (broad SMARTS) is 1. The van der Waals surface area contributed by atoms with Gasteiger partial charge in [-0.3, -0.25) is 9.59 Å². The first kappa shape index (κ1) is 26.9. The number of hydrogen-bond acceptors (Lipinski definition) is 3. The maximum Gasteiger partial charge on any atom is 0.306 e. The number of carboxylic acids is 1. The number of esters is 1. The maximum atomic E-state index is 11.7. The monoisotopic (exact) mass is 398 g/mol. The van der Waals surface area contributed by atoms with Crippen LogP contribution in [0, 0.1) is 0 Å². The largest absolute Gasteiger partial charge is 0.481 e. The van der Waals surface area contributed by atoms with Gasteiger partial charge >= 0.3 is 11.9 Å². The van der Waals surface area contributed by atoms with Gasteiger partial charge in [-0.1, -0.05) is 96.8 Å². The summed E-state index contributed by atoms with van der Waals surface area (Å²) in [5.74, 6) is -0.936. The van der Waals surface area contributed by atoms with Gasteiger partial charge in [-0.15, -0.1) is 0 Å². The third-order valence-electron chi connectivity index (χ3n) is 5.32. The van der Waals surface area contributed by atoms with Crippen molar-refractivity contribution in [2.45, 2.75) is 142 Å². The fourth-order valence-corrected chi connectivity index (χ4v) is 3.52. The Morgan fingerprint density at radius 3 is 1.54 bits per heavy atom. The Balaban J connectivity index is 3.26. The van der Waals surface area contributed by atoms with E-state index in [1.165, 1.54) is 83.5 Å². The molecule has 0 aromatic heterocycles. The normalized spacial score (nSPS) is 12.1.